The Balaban J connectivity index is 1.88. The van der Waals surface area contributed by atoms with Crippen molar-refractivity contribution in [2.24, 2.45) is 0 Å². The molecule has 0 aliphatic carbocycles. The van der Waals surface area contributed by atoms with E-state index in [9.17, 15) is 4.39 Å². The van der Waals surface area contributed by atoms with E-state index in [0.717, 1.165) is 27.8 Å². The number of aryl methyl sites for hydroxylation is 1. The molecule has 0 radical (unpaired) electrons. The lowest BCUT2D eigenvalue weighted by atomic mass is 9.96. The number of halogens is 1. The van der Waals surface area contributed by atoms with E-state index in [1.54, 1.807) is 12.3 Å². The Morgan fingerprint density at radius 2 is 1.83 bits per heavy atom. The summed E-state index contributed by atoms with van der Waals surface area (Å²) >= 11 is 5.69. The molecule has 0 saturated carbocycles. The Morgan fingerprint density at radius 1 is 1.10 bits per heavy atom. The summed E-state index contributed by atoms with van der Waals surface area (Å²) < 4.78 is 16.5. The molecule has 3 heterocycles. The van der Waals surface area contributed by atoms with Crippen LogP contribution in [0.1, 0.15) is 48.6 Å². The van der Waals surface area contributed by atoms with Crippen LogP contribution in [0.3, 0.4) is 0 Å². The maximum Gasteiger partial charge on any atom is 0.170 e. The van der Waals surface area contributed by atoms with Gasteiger partial charge in [0.25, 0.3) is 0 Å². The normalized spacial score (nSPS) is 19.1. The molecule has 150 valence electrons. The third-order valence-corrected chi connectivity index (χ3v) is 5.90. The number of hydrogen-bond acceptors (Lipinski definition) is 2. The van der Waals surface area contributed by atoms with E-state index in [1.807, 2.05) is 48.7 Å². The molecule has 0 unspecified atom stereocenters. The van der Waals surface area contributed by atoms with Crippen molar-refractivity contribution in [1.82, 2.24) is 19.8 Å². The topological polar surface area (TPSA) is 33.1 Å². The predicted octanol–water partition coefficient (Wildman–Crippen LogP) is 5.01. The number of hydrogen-bond donors (Lipinski definition) is 1. The average molecular weight is 409 g/mol. The van der Waals surface area contributed by atoms with Gasteiger partial charge in [-0.15, -0.1) is 0 Å². The zero-order valence-corrected chi connectivity index (χ0v) is 17.9. The summed E-state index contributed by atoms with van der Waals surface area (Å²) in [7, 11) is 0. The Labute approximate surface area is 176 Å². The van der Waals surface area contributed by atoms with Crippen LogP contribution in [0.25, 0.3) is 5.69 Å². The van der Waals surface area contributed by atoms with Crippen molar-refractivity contribution >= 4 is 17.3 Å². The molecular formula is C23H25FN4S. The van der Waals surface area contributed by atoms with Gasteiger partial charge in [0.15, 0.2) is 5.11 Å². The van der Waals surface area contributed by atoms with Crippen molar-refractivity contribution in [1.29, 1.82) is 0 Å². The van der Waals surface area contributed by atoms with E-state index < -0.39 is 0 Å². The number of pyridine rings is 1. The van der Waals surface area contributed by atoms with E-state index in [1.165, 1.54) is 6.07 Å². The number of aromatic nitrogens is 2. The Kier molecular flexibility index (Phi) is 5.13. The van der Waals surface area contributed by atoms with Gasteiger partial charge in [-0.25, -0.2) is 4.39 Å². The molecule has 0 spiro atoms. The van der Waals surface area contributed by atoms with Gasteiger partial charge >= 0.3 is 0 Å². The number of nitrogens with zero attached hydrogens (tertiary/aromatic N) is 3. The fourth-order valence-corrected chi connectivity index (χ4v) is 4.80. The van der Waals surface area contributed by atoms with Crippen LogP contribution < -0.4 is 5.32 Å². The van der Waals surface area contributed by atoms with Crippen molar-refractivity contribution in [3.63, 3.8) is 0 Å². The highest BCUT2D eigenvalue weighted by molar-refractivity contribution is 7.80. The van der Waals surface area contributed by atoms with Crippen LogP contribution in [-0.2, 0) is 0 Å². The summed E-state index contributed by atoms with van der Waals surface area (Å²) in [6.07, 6.45) is 1.80. The van der Waals surface area contributed by atoms with Crippen molar-refractivity contribution in [2.75, 3.05) is 0 Å². The van der Waals surface area contributed by atoms with Gasteiger partial charge in [0.2, 0.25) is 0 Å². The standard InChI is InChI=1S/C23H25FN4S/c1-14(2)27-22(21(26-23(27)29)19-10-7-8-12-25-19)17-13-15(3)28(16(17)4)20-11-6-5-9-18(20)24/h5-14,21-22H,1-4H3,(H,26,29)/t21-,22-/m1/s1. The van der Waals surface area contributed by atoms with Crippen LogP contribution in [0.15, 0.2) is 54.7 Å². The first-order valence-electron chi connectivity index (χ1n) is 9.83. The third-order valence-electron chi connectivity index (χ3n) is 5.57. The Bertz CT molecular complexity index is 1040. The molecular weight excluding hydrogens is 383 g/mol. The lowest BCUT2D eigenvalue weighted by Crippen LogP contribution is -2.35. The van der Waals surface area contributed by atoms with Crippen LogP contribution in [0.4, 0.5) is 4.39 Å². The molecule has 4 rings (SSSR count). The Hall–Kier alpha value is -2.73. The number of thiocarbonyl (C=S) groups is 1. The maximum absolute atomic E-state index is 14.6. The monoisotopic (exact) mass is 408 g/mol. The second kappa shape index (κ2) is 7.59. The second-order valence-electron chi connectivity index (χ2n) is 7.74. The summed E-state index contributed by atoms with van der Waals surface area (Å²) in [6.45, 7) is 8.33. The van der Waals surface area contributed by atoms with E-state index in [2.05, 4.69) is 35.1 Å². The first-order chi connectivity index (χ1) is 13.9. The molecule has 1 fully saturated rings. The third kappa shape index (κ3) is 3.31. The molecule has 29 heavy (non-hydrogen) atoms. The molecule has 1 aromatic carbocycles. The minimum absolute atomic E-state index is 0.0240. The van der Waals surface area contributed by atoms with Gasteiger partial charge in [0.05, 0.1) is 23.5 Å². The molecule has 6 heteroatoms. The molecule has 0 bridgehead atoms. The lowest BCUT2D eigenvalue weighted by Gasteiger charge is -2.31. The largest absolute Gasteiger partial charge is 0.352 e. The van der Waals surface area contributed by atoms with E-state index in [-0.39, 0.29) is 23.9 Å². The van der Waals surface area contributed by atoms with Gasteiger partial charge in [-0.1, -0.05) is 18.2 Å². The van der Waals surface area contributed by atoms with Crippen LogP contribution in [0.2, 0.25) is 0 Å². The van der Waals surface area contributed by atoms with Crippen LogP contribution in [0, 0.1) is 19.7 Å². The highest BCUT2D eigenvalue weighted by atomic mass is 32.1. The first kappa shape index (κ1) is 19.6. The molecule has 1 saturated heterocycles. The highest BCUT2D eigenvalue weighted by Gasteiger charge is 2.42. The number of para-hydroxylation sites is 1. The molecule has 3 aromatic rings. The number of benzene rings is 1. The molecule has 0 amide bonds. The van der Waals surface area contributed by atoms with E-state index in [0.29, 0.717) is 5.69 Å². The quantitative estimate of drug-likeness (QED) is 0.615. The fraction of sp³-hybridized carbons (Fsp3) is 0.304. The van der Waals surface area contributed by atoms with Crippen molar-refractivity contribution in [3.8, 4) is 5.69 Å². The van der Waals surface area contributed by atoms with E-state index in [4.69, 9.17) is 12.2 Å². The zero-order chi connectivity index (χ0) is 20.7. The van der Waals surface area contributed by atoms with Crippen LogP contribution in [-0.4, -0.2) is 25.6 Å². The maximum atomic E-state index is 14.6. The molecule has 1 N–H and O–H groups in total. The molecule has 2 aromatic heterocycles. The van der Waals surface area contributed by atoms with Crippen LogP contribution >= 0.6 is 12.2 Å². The molecule has 2 atom stereocenters. The van der Waals surface area contributed by atoms with Crippen molar-refractivity contribution in [2.45, 2.75) is 45.8 Å². The van der Waals surface area contributed by atoms with Crippen molar-refractivity contribution < 1.29 is 4.39 Å². The molecule has 1 aliphatic rings. The summed E-state index contributed by atoms with van der Waals surface area (Å²) in [5.74, 6) is -0.233. The minimum Gasteiger partial charge on any atom is -0.352 e. The average Bonchev–Trinajstić information content (AvgIpc) is 3.19. The van der Waals surface area contributed by atoms with Gasteiger partial charge < -0.3 is 14.8 Å². The van der Waals surface area contributed by atoms with Gasteiger partial charge in [-0.2, -0.15) is 0 Å². The highest BCUT2D eigenvalue weighted by Crippen LogP contribution is 2.42. The SMILES string of the molecule is Cc1cc([C@@H]2[C@@H](c3ccccn3)NC(=S)N2C(C)C)c(C)n1-c1ccccc1F. The summed E-state index contributed by atoms with van der Waals surface area (Å²) in [4.78, 5) is 6.80. The van der Waals surface area contributed by atoms with Crippen molar-refractivity contribution in [3.05, 3.63) is 83.2 Å². The summed E-state index contributed by atoms with van der Waals surface area (Å²) in [5, 5.41) is 4.19. The molecule has 4 nitrogen and oxygen atoms in total. The Morgan fingerprint density at radius 3 is 2.48 bits per heavy atom. The van der Waals surface area contributed by atoms with Gasteiger partial charge in [0.1, 0.15) is 5.82 Å². The lowest BCUT2D eigenvalue weighted by molar-refractivity contribution is 0.269. The van der Waals surface area contributed by atoms with Gasteiger partial charge in [0, 0.05) is 23.6 Å². The van der Waals surface area contributed by atoms with Gasteiger partial charge in [-0.3, -0.25) is 4.98 Å². The number of nitrogens with one attached hydrogen (secondary N) is 1. The minimum atomic E-state index is -0.233. The summed E-state index contributed by atoms with van der Waals surface area (Å²) in [6, 6.07) is 15.1. The van der Waals surface area contributed by atoms with Crippen LogP contribution in [0.5, 0.6) is 0 Å². The number of rotatable bonds is 4. The van der Waals surface area contributed by atoms with E-state index >= 15 is 0 Å². The first-order valence-corrected chi connectivity index (χ1v) is 10.2. The summed E-state index contributed by atoms with van der Waals surface area (Å²) in [5.41, 5.74) is 4.63. The fourth-order valence-electron chi connectivity index (χ4n) is 4.34. The smallest absolute Gasteiger partial charge is 0.170 e. The second-order valence-corrected chi connectivity index (χ2v) is 8.13. The molecule has 1 aliphatic heterocycles. The predicted molar refractivity (Wildman–Crippen MR) is 118 cm³/mol. The zero-order valence-electron chi connectivity index (χ0n) is 17.1. The van der Waals surface area contributed by atoms with Gasteiger partial charge in [-0.05, 0) is 75.8 Å².